The first kappa shape index (κ1) is 10.7. The van der Waals surface area contributed by atoms with E-state index in [1.165, 1.54) is 0 Å². The molecule has 6 nitrogen and oxygen atoms in total. The van der Waals surface area contributed by atoms with E-state index in [0.29, 0.717) is 0 Å². The van der Waals surface area contributed by atoms with Crippen LogP contribution < -0.4 is 11.4 Å². The largest absolute Gasteiger partial charge is 0.465 e. The molecule has 0 aliphatic heterocycles. The van der Waals surface area contributed by atoms with Crippen molar-refractivity contribution in [2.24, 2.45) is 5.73 Å². The maximum Gasteiger partial charge on any atom is 0.402 e. The number of primary amides is 1. The van der Waals surface area contributed by atoms with E-state index in [2.05, 4.69) is 15.7 Å². The fraction of sp³-hybridized carbons (Fsp3) is 0. The number of carbonyl (C=O) groups is 1. The van der Waals surface area contributed by atoms with Crippen molar-refractivity contribution in [1.82, 2.24) is 9.97 Å². The van der Waals surface area contributed by atoms with Crippen LogP contribution in [0.5, 0.6) is 0 Å². The topological polar surface area (TPSA) is 109 Å². The Hall–Kier alpha value is -2.37. The Morgan fingerprint density at radius 1 is 1.40 bits per heavy atom. The van der Waals surface area contributed by atoms with Crippen LogP contribution in [0.2, 0.25) is 0 Å². The summed E-state index contributed by atoms with van der Waals surface area (Å²) >= 11 is 0. The van der Waals surface area contributed by atoms with Crippen molar-refractivity contribution < 1.29 is 9.90 Å². The summed E-state index contributed by atoms with van der Waals surface area (Å²) in [6.07, 6.45) is 0.230. The molecule has 15 heavy (non-hydrogen) atoms. The molecular formula is C9H9N3O3. The van der Waals surface area contributed by atoms with E-state index in [1.807, 2.05) is 24.3 Å². The van der Waals surface area contributed by atoms with E-state index in [0.717, 1.165) is 10.9 Å². The normalized spacial score (nSPS) is 9.07. The van der Waals surface area contributed by atoms with Gasteiger partial charge in [-0.25, -0.2) is 14.6 Å². The Morgan fingerprint density at radius 2 is 2.00 bits per heavy atom. The summed E-state index contributed by atoms with van der Waals surface area (Å²) in [5.74, 6) is 0. The number of rotatable bonds is 0. The first-order valence-corrected chi connectivity index (χ1v) is 4.02. The fourth-order valence-corrected chi connectivity index (χ4v) is 0.999. The minimum atomic E-state index is -1.33. The molecule has 2 rings (SSSR count). The molecule has 1 aromatic heterocycles. The smallest absolute Gasteiger partial charge is 0.402 e. The van der Waals surface area contributed by atoms with Crippen molar-refractivity contribution in [2.45, 2.75) is 0 Å². The van der Waals surface area contributed by atoms with Crippen LogP contribution in [-0.2, 0) is 0 Å². The van der Waals surface area contributed by atoms with Crippen LogP contribution in [0.1, 0.15) is 0 Å². The Labute approximate surface area is 84.4 Å². The molecule has 0 fully saturated rings. The highest BCUT2D eigenvalue weighted by molar-refractivity contribution is 5.76. The lowest BCUT2D eigenvalue weighted by Gasteiger charge is -1.92. The van der Waals surface area contributed by atoms with Crippen LogP contribution in [0.3, 0.4) is 0 Å². The number of nitrogens with two attached hydrogens (primary N) is 1. The number of hydrogen-bond acceptors (Lipinski definition) is 3. The lowest BCUT2D eigenvalue weighted by Crippen LogP contribution is -2.07. The van der Waals surface area contributed by atoms with Gasteiger partial charge in [-0.1, -0.05) is 18.2 Å². The van der Waals surface area contributed by atoms with E-state index in [-0.39, 0.29) is 5.69 Å². The van der Waals surface area contributed by atoms with Gasteiger partial charge in [0.2, 0.25) is 0 Å². The third-order valence-corrected chi connectivity index (χ3v) is 1.52. The lowest BCUT2D eigenvalue weighted by atomic mass is 10.2. The average Bonchev–Trinajstić information content (AvgIpc) is 2.16. The number of hydrogen-bond donors (Lipinski definition) is 3. The van der Waals surface area contributed by atoms with Gasteiger partial charge in [0.25, 0.3) is 0 Å². The molecule has 1 amide bonds. The van der Waals surface area contributed by atoms with E-state index >= 15 is 0 Å². The van der Waals surface area contributed by atoms with Crippen LogP contribution in [-0.4, -0.2) is 21.2 Å². The predicted octanol–water partition coefficient (Wildman–Crippen LogP) is 0.546. The van der Waals surface area contributed by atoms with Crippen molar-refractivity contribution >= 4 is 17.0 Å². The molecule has 4 N–H and O–H groups in total. The summed E-state index contributed by atoms with van der Waals surface area (Å²) in [4.78, 5) is 25.7. The van der Waals surface area contributed by atoms with Gasteiger partial charge in [0, 0.05) is 11.6 Å². The van der Waals surface area contributed by atoms with Gasteiger partial charge in [0.15, 0.2) is 0 Å². The zero-order valence-electron chi connectivity index (χ0n) is 7.68. The molecule has 2 aromatic rings. The van der Waals surface area contributed by atoms with E-state index < -0.39 is 6.09 Å². The van der Waals surface area contributed by atoms with Crippen molar-refractivity contribution in [3.8, 4) is 0 Å². The van der Waals surface area contributed by atoms with Gasteiger partial charge in [0.05, 0.1) is 5.52 Å². The monoisotopic (exact) mass is 207 g/mol. The minimum absolute atomic E-state index is 0.302. The van der Waals surface area contributed by atoms with Crippen LogP contribution in [0.4, 0.5) is 4.79 Å². The second-order valence-corrected chi connectivity index (χ2v) is 2.61. The Kier molecular flexibility index (Phi) is 3.39. The van der Waals surface area contributed by atoms with E-state index in [1.54, 1.807) is 6.20 Å². The quantitative estimate of drug-likeness (QED) is 0.585. The molecule has 78 valence electrons. The molecule has 1 aromatic carbocycles. The number of amides is 1. The minimum Gasteiger partial charge on any atom is -0.465 e. The zero-order valence-corrected chi connectivity index (χ0v) is 7.68. The molecule has 0 unspecified atom stereocenters. The predicted molar refractivity (Wildman–Crippen MR) is 54.6 cm³/mol. The maximum atomic E-state index is 10.7. The number of aromatic amines is 1. The Morgan fingerprint density at radius 3 is 2.67 bits per heavy atom. The number of nitrogens with zero attached hydrogens (tertiary/aromatic N) is 1. The molecule has 0 saturated heterocycles. The van der Waals surface area contributed by atoms with Gasteiger partial charge in [-0.3, -0.25) is 0 Å². The van der Waals surface area contributed by atoms with Crippen molar-refractivity contribution in [3.63, 3.8) is 0 Å². The summed E-state index contributed by atoms with van der Waals surface area (Å²) in [5, 5.41) is 8.15. The second kappa shape index (κ2) is 4.75. The van der Waals surface area contributed by atoms with Gasteiger partial charge in [-0.05, 0) is 6.07 Å². The van der Waals surface area contributed by atoms with Gasteiger partial charge >= 0.3 is 11.8 Å². The molecule has 0 radical (unpaired) electrons. The average molecular weight is 207 g/mol. The first-order valence-electron chi connectivity index (χ1n) is 4.02. The van der Waals surface area contributed by atoms with Crippen LogP contribution in [0, 0.1) is 0 Å². The van der Waals surface area contributed by atoms with Crippen molar-refractivity contribution in [2.75, 3.05) is 0 Å². The van der Waals surface area contributed by atoms with Crippen LogP contribution in [0.15, 0.2) is 35.3 Å². The number of carboxylic acid groups (broad SMARTS) is 1. The van der Waals surface area contributed by atoms with Crippen molar-refractivity contribution in [1.29, 1.82) is 0 Å². The third-order valence-electron chi connectivity index (χ3n) is 1.52. The lowest BCUT2D eigenvalue weighted by molar-refractivity contribution is 0.205. The van der Waals surface area contributed by atoms with Gasteiger partial charge < -0.3 is 15.8 Å². The highest BCUT2D eigenvalue weighted by Crippen LogP contribution is 2.05. The molecule has 0 spiro atoms. The highest BCUT2D eigenvalue weighted by Gasteiger charge is 1.90. The van der Waals surface area contributed by atoms with Gasteiger partial charge in [0.1, 0.15) is 0 Å². The number of para-hydroxylation sites is 1. The highest BCUT2D eigenvalue weighted by atomic mass is 16.4. The summed E-state index contributed by atoms with van der Waals surface area (Å²) in [6, 6.07) is 7.53. The van der Waals surface area contributed by atoms with E-state index in [9.17, 15) is 4.79 Å². The Balaban J connectivity index is 0.000000245. The molecule has 0 saturated carbocycles. The number of fused-ring (bicyclic) bond motifs is 1. The standard InChI is InChI=1S/C8H6N2O.CH3NO2/c11-8-9-5-6-3-1-2-4-7(6)10-8;2-1(3)4/h1-5H,(H,9,10,11);2H2,(H,3,4). The maximum absolute atomic E-state index is 10.7. The SMILES string of the molecule is NC(=O)O.O=c1ncc2ccccc2[nH]1. The number of H-pyrrole nitrogens is 1. The van der Waals surface area contributed by atoms with Crippen LogP contribution >= 0.6 is 0 Å². The molecular weight excluding hydrogens is 198 g/mol. The summed E-state index contributed by atoms with van der Waals surface area (Å²) in [5.41, 5.74) is 4.55. The Bertz CT molecular complexity index is 517. The molecule has 0 bridgehead atoms. The van der Waals surface area contributed by atoms with Gasteiger partial charge in [-0.15, -0.1) is 0 Å². The number of aromatic nitrogens is 2. The van der Waals surface area contributed by atoms with Gasteiger partial charge in [-0.2, -0.15) is 0 Å². The third kappa shape index (κ3) is 3.47. The second-order valence-electron chi connectivity index (χ2n) is 2.61. The van der Waals surface area contributed by atoms with E-state index in [4.69, 9.17) is 9.90 Å². The molecule has 0 atom stereocenters. The number of nitrogens with one attached hydrogen (secondary N) is 1. The number of benzene rings is 1. The summed E-state index contributed by atoms with van der Waals surface area (Å²) < 4.78 is 0. The zero-order chi connectivity index (χ0) is 11.3. The van der Waals surface area contributed by atoms with Crippen molar-refractivity contribution in [3.05, 3.63) is 40.9 Å². The molecule has 6 heteroatoms. The molecule has 0 aliphatic carbocycles. The van der Waals surface area contributed by atoms with Crippen LogP contribution in [0.25, 0.3) is 10.9 Å². The molecule has 1 heterocycles. The first-order chi connectivity index (χ1) is 7.09. The fourth-order valence-electron chi connectivity index (χ4n) is 0.999. The summed E-state index contributed by atoms with van der Waals surface area (Å²) in [7, 11) is 0. The molecule has 0 aliphatic rings. The summed E-state index contributed by atoms with van der Waals surface area (Å²) in [6.45, 7) is 0.